The number of aryl methyl sites for hydroxylation is 1. The van der Waals surface area contributed by atoms with Crippen molar-refractivity contribution >= 4 is 44.9 Å². The molecule has 1 aromatic heterocycles. The van der Waals surface area contributed by atoms with Gasteiger partial charge in [0, 0.05) is 23.1 Å². The molecule has 5 rings (SSSR count). The number of anilines is 1. The van der Waals surface area contributed by atoms with E-state index in [9.17, 15) is 5.11 Å². The van der Waals surface area contributed by atoms with Crippen molar-refractivity contribution in [2.45, 2.75) is 39.2 Å². The van der Waals surface area contributed by atoms with Gasteiger partial charge in [0.2, 0.25) is 0 Å². The average molecular weight is 533 g/mol. The van der Waals surface area contributed by atoms with Crippen LogP contribution in [-0.2, 0) is 19.4 Å². The number of hydrogen-bond acceptors (Lipinski definition) is 4. The predicted molar refractivity (Wildman–Crippen MR) is 134 cm³/mol. The van der Waals surface area contributed by atoms with Gasteiger partial charge < -0.3 is 10.0 Å². The zero-order valence-corrected chi connectivity index (χ0v) is 20.9. The van der Waals surface area contributed by atoms with Gasteiger partial charge in [-0.1, -0.05) is 63.4 Å². The molecule has 4 nitrogen and oxygen atoms in total. The fourth-order valence-corrected chi connectivity index (χ4v) is 6.14. The highest BCUT2D eigenvalue weighted by atomic mass is 79.9. The van der Waals surface area contributed by atoms with Crippen LogP contribution in [-0.4, -0.2) is 28.2 Å². The van der Waals surface area contributed by atoms with Crippen LogP contribution in [0.4, 0.5) is 5.82 Å². The summed E-state index contributed by atoms with van der Waals surface area (Å²) in [5.41, 5.74) is 6.01. The van der Waals surface area contributed by atoms with Crippen LogP contribution in [0.2, 0.25) is 10.0 Å². The fourth-order valence-electron chi connectivity index (χ4n) is 5.20. The van der Waals surface area contributed by atoms with Crippen LogP contribution in [0.1, 0.15) is 35.4 Å². The molecule has 0 bridgehead atoms. The number of hydrogen-bond donors (Lipinski definition) is 1. The molecule has 3 aromatic rings. The smallest absolute Gasteiger partial charge is 0.153 e. The van der Waals surface area contributed by atoms with Gasteiger partial charge in [-0.2, -0.15) is 0 Å². The monoisotopic (exact) mass is 531 g/mol. The Bertz CT molecular complexity index is 1190. The molecule has 1 aliphatic heterocycles. The lowest BCUT2D eigenvalue weighted by molar-refractivity contribution is 0.230. The summed E-state index contributed by atoms with van der Waals surface area (Å²) in [6.07, 6.45) is 4.46. The summed E-state index contributed by atoms with van der Waals surface area (Å²) in [6, 6.07) is 12.0. The minimum atomic E-state index is -0.173. The number of nitrogens with zero attached hydrogens (tertiary/aromatic N) is 3. The summed E-state index contributed by atoms with van der Waals surface area (Å²) in [5, 5.41) is 11.0. The summed E-state index contributed by atoms with van der Waals surface area (Å²) in [4.78, 5) is 11.9. The van der Waals surface area contributed by atoms with Crippen molar-refractivity contribution in [2.75, 3.05) is 18.0 Å². The number of piperidine rings is 1. The first-order chi connectivity index (χ1) is 15.4. The third-order valence-corrected chi connectivity index (χ3v) is 8.50. The number of halogens is 3. The minimum Gasteiger partial charge on any atom is -0.390 e. The van der Waals surface area contributed by atoms with Gasteiger partial charge in [-0.05, 0) is 61.3 Å². The van der Waals surface area contributed by atoms with Gasteiger partial charge in [0.25, 0.3) is 0 Å². The molecule has 166 valence electrons. The second-order valence-electron chi connectivity index (χ2n) is 8.91. The van der Waals surface area contributed by atoms with Gasteiger partial charge in [-0.25, -0.2) is 9.97 Å². The largest absolute Gasteiger partial charge is 0.390 e. The molecule has 0 saturated carbocycles. The van der Waals surface area contributed by atoms with E-state index in [1.807, 2.05) is 19.1 Å². The van der Waals surface area contributed by atoms with Crippen molar-refractivity contribution in [2.24, 2.45) is 5.41 Å². The molecule has 1 N–H and O–H groups in total. The number of aliphatic hydroxyl groups excluding tert-OH is 1. The Hall–Kier alpha value is -1.66. The Morgan fingerprint density at radius 2 is 1.81 bits per heavy atom. The Morgan fingerprint density at radius 1 is 1.06 bits per heavy atom. The molecule has 2 aromatic carbocycles. The highest BCUT2D eigenvalue weighted by Gasteiger charge is 2.41. The van der Waals surface area contributed by atoms with Crippen molar-refractivity contribution in [1.29, 1.82) is 0 Å². The molecule has 0 atom stereocenters. The van der Waals surface area contributed by atoms with E-state index in [4.69, 9.17) is 33.2 Å². The highest BCUT2D eigenvalue weighted by Crippen LogP contribution is 2.47. The number of rotatable bonds is 3. The van der Waals surface area contributed by atoms with Crippen molar-refractivity contribution < 1.29 is 5.11 Å². The Labute approximate surface area is 206 Å². The van der Waals surface area contributed by atoms with Crippen molar-refractivity contribution in [3.05, 3.63) is 73.4 Å². The molecule has 32 heavy (non-hydrogen) atoms. The van der Waals surface area contributed by atoms with Crippen LogP contribution < -0.4 is 4.90 Å². The molecule has 1 aliphatic carbocycles. The van der Waals surface area contributed by atoms with Crippen molar-refractivity contribution in [1.82, 2.24) is 9.97 Å². The fraction of sp³-hybridized carbons (Fsp3) is 0.360. The van der Waals surface area contributed by atoms with Crippen molar-refractivity contribution in [3.63, 3.8) is 0 Å². The second-order valence-corrected chi connectivity index (χ2v) is 10.5. The first-order valence-electron chi connectivity index (χ1n) is 10.8. The molecule has 0 amide bonds. The van der Waals surface area contributed by atoms with E-state index < -0.39 is 0 Å². The third-order valence-electron chi connectivity index (χ3n) is 6.93. The van der Waals surface area contributed by atoms with Gasteiger partial charge in [-0.3, -0.25) is 0 Å². The topological polar surface area (TPSA) is 49.2 Å². The van der Waals surface area contributed by atoms with Crippen LogP contribution in [0.3, 0.4) is 0 Å². The van der Waals surface area contributed by atoms with Crippen LogP contribution in [0, 0.1) is 12.3 Å². The quantitative estimate of drug-likeness (QED) is 0.424. The normalized spacial score (nSPS) is 17.1. The van der Waals surface area contributed by atoms with Crippen LogP contribution in [0.5, 0.6) is 0 Å². The third kappa shape index (κ3) is 3.83. The summed E-state index contributed by atoms with van der Waals surface area (Å²) in [5.74, 6) is 0.776. The summed E-state index contributed by atoms with van der Waals surface area (Å²) >= 11 is 16.4. The lowest BCUT2D eigenvalue weighted by Gasteiger charge is -2.40. The SMILES string of the molecule is Cc1nc(N2CCC3(CC2)Cc2cccc(Br)c2C3)c(CO)nc1-c1cccc(Cl)c1Cl. The maximum absolute atomic E-state index is 10.1. The number of benzene rings is 2. The van der Waals surface area contributed by atoms with Gasteiger partial charge >= 0.3 is 0 Å². The van der Waals surface area contributed by atoms with E-state index in [1.165, 1.54) is 15.6 Å². The van der Waals surface area contributed by atoms with E-state index in [1.54, 1.807) is 6.07 Å². The van der Waals surface area contributed by atoms with Gasteiger partial charge in [0.15, 0.2) is 5.82 Å². The number of fused-ring (bicyclic) bond motifs is 1. The molecule has 2 heterocycles. The Balaban J connectivity index is 1.40. The van der Waals surface area contributed by atoms with E-state index in [-0.39, 0.29) is 6.61 Å². The van der Waals surface area contributed by atoms with E-state index in [0.717, 1.165) is 55.8 Å². The molecule has 1 fully saturated rings. The van der Waals surface area contributed by atoms with E-state index in [0.29, 0.717) is 26.8 Å². The standard InChI is InChI=1S/C25H24BrCl2N3O/c1-15-23(17-5-3-7-20(27)22(17)28)30-21(14-32)24(29-15)31-10-8-25(9-11-31)12-16-4-2-6-19(26)18(16)13-25/h2-7,32H,8-14H2,1H3. The Morgan fingerprint density at radius 3 is 2.53 bits per heavy atom. The van der Waals surface area contributed by atoms with E-state index >= 15 is 0 Å². The van der Waals surface area contributed by atoms with Crippen LogP contribution in [0.15, 0.2) is 40.9 Å². The second kappa shape index (κ2) is 8.60. The minimum absolute atomic E-state index is 0.173. The Kier molecular flexibility index (Phi) is 5.95. The number of aromatic nitrogens is 2. The van der Waals surface area contributed by atoms with Crippen molar-refractivity contribution in [3.8, 4) is 11.3 Å². The summed E-state index contributed by atoms with van der Waals surface area (Å²) in [7, 11) is 0. The van der Waals surface area contributed by atoms with Crippen LogP contribution >= 0.6 is 39.1 Å². The van der Waals surface area contributed by atoms with Gasteiger partial charge in [0.05, 0.1) is 28.0 Å². The summed E-state index contributed by atoms with van der Waals surface area (Å²) in [6.45, 7) is 3.57. The van der Waals surface area contributed by atoms with Crippen LogP contribution in [0.25, 0.3) is 11.3 Å². The predicted octanol–water partition coefficient (Wildman–Crippen LogP) is 6.40. The highest BCUT2D eigenvalue weighted by molar-refractivity contribution is 9.10. The first-order valence-corrected chi connectivity index (χ1v) is 12.4. The molecule has 0 radical (unpaired) electrons. The molecular formula is C25H24BrCl2N3O. The maximum Gasteiger partial charge on any atom is 0.153 e. The molecule has 0 unspecified atom stereocenters. The number of aliphatic hydroxyl groups is 1. The zero-order valence-electron chi connectivity index (χ0n) is 17.8. The molecular weight excluding hydrogens is 509 g/mol. The first kappa shape index (κ1) is 22.1. The average Bonchev–Trinajstić information content (AvgIpc) is 3.15. The molecule has 7 heteroatoms. The molecule has 1 saturated heterocycles. The molecule has 1 spiro atoms. The maximum atomic E-state index is 10.1. The molecule has 2 aliphatic rings. The summed E-state index contributed by atoms with van der Waals surface area (Å²) < 4.78 is 1.23. The zero-order chi connectivity index (χ0) is 22.5. The van der Waals surface area contributed by atoms with Gasteiger partial charge in [0.1, 0.15) is 5.69 Å². The van der Waals surface area contributed by atoms with Gasteiger partial charge in [-0.15, -0.1) is 0 Å². The van der Waals surface area contributed by atoms with E-state index in [2.05, 4.69) is 39.0 Å². The lowest BCUT2D eigenvalue weighted by Crippen LogP contribution is -2.41. The lowest BCUT2D eigenvalue weighted by atomic mass is 9.76.